The molecule has 0 aliphatic rings. The first-order chi connectivity index (χ1) is 6.82. The lowest BCUT2D eigenvalue weighted by atomic mass is 10.1. The van der Waals surface area contributed by atoms with E-state index in [1.807, 2.05) is 0 Å². The number of rotatable bonds is 2. The highest BCUT2D eigenvalue weighted by Gasteiger charge is 2.24. The molecule has 0 fully saturated rings. The van der Waals surface area contributed by atoms with Gasteiger partial charge in [0.2, 0.25) is 0 Å². The molecule has 0 unspecified atom stereocenters. The minimum absolute atomic E-state index is 0.412. The van der Waals surface area contributed by atoms with Gasteiger partial charge in [-0.1, -0.05) is 17.7 Å². The average molecular weight is 293 g/mol. The molecule has 1 rings (SSSR count). The lowest BCUT2D eigenvalue weighted by molar-refractivity contribution is -0.130. The largest absolute Gasteiger partial charge is 0.381 e. The zero-order valence-electron chi connectivity index (χ0n) is 8.34. The Kier molecular flexibility index (Phi) is 3.76. The van der Waals surface area contributed by atoms with E-state index >= 15 is 0 Å². The van der Waals surface area contributed by atoms with Crippen molar-refractivity contribution >= 4 is 39.1 Å². The van der Waals surface area contributed by atoms with Gasteiger partial charge < -0.3 is 10.4 Å². The standard InChI is InChI=1S/C10H11BrClNO2/c1-10(2,15)9(14)13-7-5-3-4-6(11)8(7)12/h3-5,15H,1-2H3,(H,13,14). The van der Waals surface area contributed by atoms with Crippen LogP contribution in [0, 0.1) is 0 Å². The van der Waals surface area contributed by atoms with Crippen LogP contribution in [-0.2, 0) is 4.79 Å². The Morgan fingerprint density at radius 2 is 2.13 bits per heavy atom. The van der Waals surface area contributed by atoms with Crippen LogP contribution in [0.4, 0.5) is 5.69 Å². The Labute approximate surface area is 102 Å². The minimum atomic E-state index is -1.42. The number of nitrogens with one attached hydrogen (secondary N) is 1. The predicted octanol–water partition coefficient (Wildman–Crippen LogP) is 2.81. The van der Waals surface area contributed by atoms with Crippen molar-refractivity contribution < 1.29 is 9.90 Å². The van der Waals surface area contributed by atoms with Gasteiger partial charge in [0.1, 0.15) is 5.60 Å². The normalized spacial score (nSPS) is 11.3. The molecular weight excluding hydrogens is 281 g/mol. The minimum Gasteiger partial charge on any atom is -0.381 e. The van der Waals surface area contributed by atoms with E-state index in [2.05, 4.69) is 21.2 Å². The van der Waals surface area contributed by atoms with E-state index in [0.29, 0.717) is 15.2 Å². The molecule has 1 aromatic carbocycles. The molecular formula is C10H11BrClNO2. The van der Waals surface area contributed by atoms with Crippen LogP contribution < -0.4 is 5.32 Å². The van der Waals surface area contributed by atoms with Crippen LogP contribution in [0.2, 0.25) is 5.02 Å². The summed E-state index contributed by atoms with van der Waals surface area (Å²) in [4.78, 5) is 11.5. The lowest BCUT2D eigenvalue weighted by Crippen LogP contribution is -2.36. The van der Waals surface area contributed by atoms with Crippen LogP contribution >= 0.6 is 27.5 Å². The van der Waals surface area contributed by atoms with Gasteiger partial charge in [-0.05, 0) is 41.9 Å². The first kappa shape index (κ1) is 12.5. The van der Waals surface area contributed by atoms with E-state index in [1.54, 1.807) is 18.2 Å². The van der Waals surface area contributed by atoms with E-state index < -0.39 is 11.5 Å². The highest BCUT2D eigenvalue weighted by molar-refractivity contribution is 9.10. The summed E-state index contributed by atoms with van der Waals surface area (Å²) < 4.78 is 0.692. The van der Waals surface area contributed by atoms with Crippen LogP contribution in [0.15, 0.2) is 22.7 Å². The van der Waals surface area contributed by atoms with Crippen molar-refractivity contribution in [2.75, 3.05) is 5.32 Å². The number of hydrogen-bond donors (Lipinski definition) is 2. The van der Waals surface area contributed by atoms with Crippen molar-refractivity contribution in [2.24, 2.45) is 0 Å². The second-order valence-electron chi connectivity index (χ2n) is 3.61. The Balaban J connectivity index is 2.91. The zero-order valence-corrected chi connectivity index (χ0v) is 10.7. The fraction of sp³-hybridized carbons (Fsp3) is 0.300. The molecule has 1 amide bonds. The Morgan fingerprint density at radius 3 is 2.67 bits per heavy atom. The van der Waals surface area contributed by atoms with Crippen molar-refractivity contribution in [3.05, 3.63) is 27.7 Å². The molecule has 0 saturated heterocycles. The fourth-order valence-electron chi connectivity index (χ4n) is 0.876. The molecule has 0 atom stereocenters. The number of carbonyl (C=O) groups excluding carboxylic acids is 1. The van der Waals surface area contributed by atoms with Crippen LogP contribution in [-0.4, -0.2) is 16.6 Å². The molecule has 0 bridgehead atoms. The van der Waals surface area contributed by atoms with E-state index in [-0.39, 0.29) is 0 Å². The maximum Gasteiger partial charge on any atom is 0.255 e. The van der Waals surface area contributed by atoms with Gasteiger partial charge in [0.25, 0.3) is 5.91 Å². The summed E-state index contributed by atoms with van der Waals surface area (Å²) in [7, 11) is 0. The van der Waals surface area contributed by atoms with Gasteiger partial charge in [0.15, 0.2) is 0 Å². The third-order valence-corrected chi connectivity index (χ3v) is 3.05. The SMILES string of the molecule is CC(C)(O)C(=O)Nc1cccc(Br)c1Cl. The summed E-state index contributed by atoms with van der Waals surface area (Å²) in [5.41, 5.74) is -0.954. The quantitative estimate of drug-likeness (QED) is 0.880. The van der Waals surface area contributed by atoms with E-state index in [9.17, 15) is 9.90 Å². The molecule has 0 radical (unpaired) electrons. The molecule has 3 nitrogen and oxygen atoms in total. The molecule has 0 aromatic heterocycles. The van der Waals surface area contributed by atoms with Gasteiger partial charge in [0, 0.05) is 4.47 Å². The van der Waals surface area contributed by atoms with E-state index in [4.69, 9.17) is 11.6 Å². The van der Waals surface area contributed by atoms with Crippen LogP contribution in [0.5, 0.6) is 0 Å². The molecule has 0 aliphatic carbocycles. The maximum absolute atomic E-state index is 11.5. The number of hydrogen-bond acceptors (Lipinski definition) is 2. The fourth-order valence-corrected chi connectivity index (χ4v) is 1.42. The third-order valence-electron chi connectivity index (χ3n) is 1.76. The Bertz CT molecular complexity index is 387. The zero-order chi connectivity index (χ0) is 11.6. The van der Waals surface area contributed by atoms with E-state index in [1.165, 1.54) is 13.8 Å². The van der Waals surface area contributed by atoms with Gasteiger partial charge in [-0.25, -0.2) is 0 Å². The number of aliphatic hydroxyl groups is 1. The Morgan fingerprint density at radius 1 is 1.53 bits per heavy atom. The second kappa shape index (κ2) is 4.51. The topological polar surface area (TPSA) is 49.3 Å². The highest BCUT2D eigenvalue weighted by atomic mass is 79.9. The molecule has 15 heavy (non-hydrogen) atoms. The molecule has 1 aromatic rings. The monoisotopic (exact) mass is 291 g/mol. The summed E-state index contributed by atoms with van der Waals surface area (Å²) in [5, 5.41) is 12.4. The predicted molar refractivity (Wildman–Crippen MR) is 64.1 cm³/mol. The molecule has 82 valence electrons. The number of benzene rings is 1. The van der Waals surface area contributed by atoms with E-state index in [0.717, 1.165) is 0 Å². The molecule has 2 N–H and O–H groups in total. The molecule has 0 saturated carbocycles. The van der Waals surface area contributed by atoms with Crippen molar-refractivity contribution in [1.82, 2.24) is 0 Å². The van der Waals surface area contributed by atoms with Gasteiger partial charge in [-0.2, -0.15) is 0 Å². The number of halogens is 2. The number of anilines is 1. The van der Waals surface area contributed by atoms with Crippen molar-refractivity contribution in [3.8, 4) is 0 Å². The van der Waals surface area contributed by atoms with Gasteiger partial charge in [0.05, 0.1) is 10.7 Å². The molecule has 0 aliphatic heterocycles. The molecule has 0 heterocycles. The van der Waals surface area contributed by atoms with Crippen molar-refractivity contribution in [3.63, 3.8) is 0 Å². The summed E-state index contributed by atoms with van der Waals surface area (Å²) in [6, 6.07) is 5.18. The van der Waals surface area contributed by atoms with Crippen LogP contribution in [0.25, 0.3) is 0 Å². The summed E-state index contributed by atoms with van der Waals surface area (Å²) in [5.74, 6) is -0.498. The Hall–Kier alpha value is -0.580. The number of amides is 1. The summed E-state index contributed by atoms with van der Waals surface area (Å²) >= 11 is 9.18. The molecule has 0 spiro atoms. The molecule has 5 heteroatoms. The lowest BCUT2D eigenvalue weighted by Gasteiger charge is -2.17. The van der Waals surface area contributed by atoms with Crippen LogP contribution in [0.1, 0.15) is 13.8 Å². The third kappa shape index (κ3) is 3.19. The van der Waals surface area contributed by atoms with Crippen molar-refractivity contribution in [2.45, 2.75) is 19.4 Å². The highest BCUT2D eigenvalue weighted by Crippen LogP contribution is 2.30. The average Bonchev–Trinajstić information content (AvgIpc) is 2.11. The van der Waals surface area contributed by atoms with Gasteiger partial charge >= 0.3 is 0 Å². The first-order valence-corrected chi connectivity index (χ1v) is 5.47. The van der Waals surface area contributed by atoms with Crippen molar-refractivity contribution in [1.29, 1.82) is 0 Å². The number of carbonyl (C=O) groups is 1. The first-order valence-electron chi connectivity index (χ1n) is 4.30. The maximum atomic E-state index is 11.5. The van der Waals surface area contributed by atoms with Gasteiger partial charge in [-0.15, -0.1) is 0 Å². The summed E-state index contributed by atoms with van der Waals surface area (Å²) in [6.45, 7) is 2.82. The summed E-state index contributed by atoms with van der Waals surface area (Å²) in [6.07, 6.45) is 0. The van der Waals surface area contributed by atoms with Crippen LogP contribution in [0.3, 0.4) is 0 Å². The smallest absolute Gasteiger partial charge is 0.255 e. The van der Waals surface area contributed by atoms with Gasteiger partial charge in [-0.3, -0.25) is 4.79 Å². The second-order valence-corrected chi connectivity index (χ2v) is 4.85.